The SMILES string of the molecule is CCOC(=O)[C@H](C)NC(=O)CN.Cl. The lowest BCUT2D eigenvalue weighted by atomic mass is 10.3. The summed E-state index contributed by atoms with van der Waals surface area (Å²) in [6.07, 6.45) is 0. The van der Waals surface area contributed by atoms with Crippen molar-refractivity contribution in [2.24, 2.45) is 5.73 Å². The van der Waals surface area contributed by atoms with E-state index in [4.69, 9.17) is 5.73 Å². The van der Waals surface area contributed by atoms with E-state index in [1.54, 1.807) is 13.8 Å². The second-order valence-corrected chi connectivity index (χ2v) is 2.25. The van der Waals surface area contributed by atoms with Crippen LogP contribution in [0.15, 0.2) is 0 Å². The summed E-state index contributed by atoms with van der Waals surface area (Å²) in [6.45, 7) is 3.44. The number of hydrogen-bond donors (Lipinski definition) is 2. The summed E-state index contributed by atoms with van der Waals surface area (Å²) in [5, 5.41) is 2.38. The minimum Gasteiger partial charge on any atom is -0.464 e. The van der Waals surface area contributed by atoms with Crippen LogP contribution in [0.2, 0.25) is 0 Å². The minimum atomic E-state index is -0.624. The minimum absolute atomic E-state index is 0. The van der Waals surface area contributed by atoms with E-state index in [2.05, 4.69) is 10.1 Å². The first-order chi connectivity index (χ1) is 5.61. The van der Waals surface area contributed by atoms with Crippen molar-refractivity contribution in [1.29, 1.82) is 0 Å². The van der Waals surface area contributed by atoms with Gasteiger partial charge in [-0.05, 0) is 13.8 Å². The molecule has 0 saturated heterocycles. The van der Waals surface area contributed by atoms with Gasteiger partial charge in [-0.15, -0.1) is 12.4 Å². The Bertz CT molecular complexity index is 175. The van der Waals surface area contributed by atoms with Crippen LogP contribution in [-0.2, 0) is 14.3 Å². The van der Waals surface area contributed by atoms with E-state index in [1.165, 1.54) is 0 Å². The number of hydrogen-bond acceptors (Lipinski definition) is 4. The zero-order valence-corrected chi connectivity index (χ0v) is 8.52. The van der Waals surface area contributed by atoms with Crippen molar-refractivity contribution in [3.63, 3.8) is 0 Å². The number of nitrogens with one attached hydrogen (secondary N) is 1. The van der Waals surface area contributed by atoms with Crippen molar-refractivity contribution in [1.82, 2.24) is 5.32 Å². The van der Waals surface area contributed by atoms with Gasteiger partial charge >= 0.3 is 5.97 Å². The smallest absolute Gasteiger partial charge is 0.328 e. The van der Waals surface area contributed by atoms with Gasteiger partial charge in [-0.25, -0.2) is 4.79 Å². The molecule has 0 fully saturated rings. The first-order valence-electron chi connectivity index (χ1n) is 3.77. The summed E-state index contributed by atoms with van der Waals surface area (Å²) in [5.74, 6) is -0.810. The van der Waals surface area contributed by atoms with Gasteiger partial charge in [0.2, 0.25) is 5.91 Å². The highest BCUT2D eigenvalue weighted by atomic mass is 35.5. The molecule has 0 heterocycles. The molecular weight excluding hydrogens is 196 g/mol. The molecule has 0 aromatic rings. The highest BCUT2D eigenvalue weighted by molar-refractivity contribution is 5.85. The number of ether oxygens (including phenoxy) is 1. The van der Waals surface area contributed by atoms with Gasteiger partial charge < -0.3 is 15.8 Å². The molecule has 0 unspecified atom stereocenters. The van der Waals surface area contributed by atoms with E-state index in [0.717, 1.165) is 0 Å². The van der Waals surface area contributed by atoms with Gasteiger partial charge in [-0.1, -0.05) is 0 Å². The fraction of sp³-hybridized carbons (Fsp3) is 0.714. The van der Waals surface area contributed by atoms with Gasteiger partial charge in [0.15, 0.2) is 0 Å². The van der Waals surface area contributed by atoms with Crippen molar-refractivity contribution < 1.29 is 14.3 Å². The Morgan fingerprint density at radius 1 is 1.54 bits per heavy atom. The molecule has 6 heteroatoms. The summed E-state index contributed by atoms with van der Waals surface area (Å²) in [4.78, 5) is 21.6. The van der Waals surface area contributed by atoms with Crippen LogP contribution < -0.4 is 11.1 Å². The lowest BCUT2D eigenvalue weighted by molar-refractivity contribution is -0.146. The van der Waals surface area contributed by atoms with Gasteiger partial charge in [0.05, 0.1) is 13.2 Å². The summed E-state index contributed by atoms with van der Waals surface area (Å²) in [7, 11) is 0. The predicted molar refractivity (Wildman–Crippen MR) is 50.5 cm³/mol. The Hall–Kier alpha value is -0.810. The van der Waals surface area contributed by atoms with E-state index in [0.29, 0.717) is 6.61 Å². The third-order valence-electron chi connectivity index (χ3n) is 1.20. The predicted octanol–water partition coefficient (Wildman–Crippen LogP) is -0.565. The van der Waals surface area contributed by atoms with E-state index in [9.17, 15) is 9.59 Å². The number of carbonyl (C=O) groups is 2. The molecule has 0 radical (unpaired) electrons. The maximum absolute atomic E-state index is 10.9. The quantitative estimate of drug-likeness (QED) is 0.610. The van der Waals surface area contributed by atoms with E-state index in [1.807, 2.05) is 0 Å². The molecule has 0 aliphatic rings. The van der Waals surface area contributed by atoms with Gasteiger partial charge in [0, 0.05) is 0 Å². The molecule has 3 N–H and O–H groups in total. The number of nitrogens with two attached hydrogens (primary N) is 1. The second kappa shape index (κ2) is 7.82. The first kappa shape index (κ1) is 14.7. The topological polar surface area (TPSA) is 81.4 Å². The lowest BCUT2D eigenvalue weighted by Crippen LogP contribution is -2.42. The third kappa shape index (κ3) is 6.36. The number of rotatable bonds is 4. The van der Waals surface area contributed by atoms with Crippen molar-refractivity contribution in [3.8, 4) is 0 Å². The first-order valence-corrected chi connectivity index (χ1v) is 3.77. The molecule has 1 atom stereocenters. The van der Waals surface area contributed by atoms with Crippen molar-refractivity contribution in [2.45, 2.75) is 19.9 Å². The van der Waals surface area contributed by atoms with Crippen LogP contribution in [0.25, 0.3) is 0 Å². The normalized spacial score (nSPS) is 11.0. The van der Waals surface area contributed by atoms with Crippen LogP contribution in [-0.4, -0.2) is 31.1 Å². The molecule has 0 saturated carbocycles. The maximum atomic E-state index is 10.9. The third-order valence-corrected chi connectivity index (χ3v) is 1.20. The van der Waals surface area contributed by atoms with Crippen LogP contribution in [0.4, 0.5) is 0 Å². The molecule has 0 aliphatic heterocycles. The fourth-order valence-corrected chi connectivity index (χ4v) is 0.627. The van der Waals surface area contributed by atoms with E-state index in [-0.39, 0.29) is 24.9 Å². The van der Waals surface area contributed by atoms with Crippen LogP contribution in [0.1, 0.15) is 13.8 Å². The van der Waals surface area contributed by atoms with E-state index < -0.39 is 12.0 Å². The monoisotopic (exact) mass is 210 g/mol. The second-order valence-electron chi connectivity index (χ2n) is 2.25. The Morgan fingerprint density at radius 3 is 2.46 bits per heavy atom. The molecule has 0 aromatic carbocycles. The number of halogens is 1. The molecule has 13 heavy (non-hydrogen) atoms. The zero-order chi connectivity index (χ0) is 9.56. The molecule has 1 amide bonds. The Morgan fingerprint density at radius 2 is 2.08 bits per heavy atom. The molecule has 0 aromatic heterocycles. The molecule has 0 aliphatic carbocycles. The van der Waals surface area contributed by atoms with Gasteiger partial charge in [0.25, 0.3) is 0 Å². The average Bonchev–Trinajstić information content (AvgIpc) is 2.04. The maximum Gasteiger partial charge on any atom is 0.328 e. The van der Waals surface area contributed by atoms with Crippen molar-refractivity contribution in [3.05, 3.63) is 0 Å². The van der Waals surface area contributed by atoms with Gasteiger partial charge in [-0.3, -0.25) is 4.79 Å². The van der Waals surface area contributed by atoms with Gasteiger partial charge in [-0.2, -0.15) is 0 Å². The van der Waals surface area contributed by atoms with Crippen molar-refractivity contribution in [2.75, 3.05) is 13.2 Å². The largest absolute Gasteiger partial charge is 0.464 e. The van der Waals surface area contributed by atoms with Crippen LogP contribution in [0.3, 0.4) is 0 Å². The molecule has 0 rings (SSSR count). The molecule has 0 bridgehead atoms. The summed E-state index contributed by atoms with van der Waals surface area (Å²) >= 11 is 0. The van der Waals surface area contributed by atoms with Crippen LogP contribution in [0.5, 0.6) is 0 Å². The molecule has 5 nitrogen and oxygen atoms in total. The Kier molecular flexibility index (Phi) is 8.84. The summed E-state index contributed by atoms with van der Waals surface area (Å²) < 4.78 is 4.65. The van der Waals surface area contributed by atoms with Gasteiger partial charge in [0.1, 0.15) is 6.04 Å². The number of amides is 1. The van der Waals surface area contributed by atoms with Crippen molar-refractivity contribution >= 4 is 24.3 Å². The highest BCUT2D eigenvalue weighted by Crippen LogP contribution is 1.86. The Balaban J connectivity index is 0. The van der Waals surface area contributed by atoms with E-state index >= 15 is 0 Å². The molecular formula is C7H15ClN2O3. The fourth-order valence-electron chi connectivity index (χ4n) is 0.627. The standard InChI is InChI=1S/C7H14N2O3.ClH/c1-3-12-7(11)5(2)9-6(10)4-8;/h5H,3-4,8H2,1-2H3,(H,9,10);1H/t5-;/m0./s1. The molecule has 78 valence electrons. The number of esters is 1. The highest BCUT2D eigenvalue weighted by Gasteiger charge is 2.14. The zero-order valence-electron chi connectivity index (χ0n) is 7.70. The average molecular weight is 211 g/mol. The number of carbonyl (C=O) groups excluding carboxylic acids is 2. The summed E-state index contributed by atoms with van der Waals surface area (Å²) in [6, 6.07) is -0.624. The lowest BCUT2D eigenvalue weighted by Gasteiger charge is -2.11. The molecule has 0 spiro atoms. The summed E-state index contributed by atoms with van der Waals surface area (Å²) in [5.41, 5.74) is 5.03. The van der Waals surface area contributed by atoms with Crippen LogP contribution >= 0.6 is 12.4 Å². The van der Waals surface area contributed by atoms with Crippen LogP contribution in [0, 0.1) is 0 Å². The Labute approximate surface area is 83.4 Å².